The lowest BCUT2D eigenvalue weighted by molar-refractivity contribution is -0.138. The first-order valence-corrected chi connectivity index (χ1v) is 13.7. The first-order chi connectivity index (χ1) is 19.7. The number of aromatic nitrogens is 2. The molecule has 0 aliphatic carbocycles. The van der Waals surface area contributed by atoms with Gasteiger partial charge in [0.05, 0.1) is 6.61 Å². The van der Waals surface area contributed by atoms with Crippen molar-refractivity contribution in [2.75, 3.05) is 38.1 Å². The molecule has 4 amide bonds. The van der Waals surface area contributed by atoms with Crippen LogP contribution in [0.5, 0.6) is 0 Å². The van der Waals surface area contributed by atoms with Crippen molar-refractivity contribution in [1.29, 1.82) is 0 Å². The van der Waals surface area contributed by atoms with Gasteiger partial charge in [-0.1, -0.05) is 43.7 Å². The van der Waals surface area contributed by atoms with E-state index in [1.807, 2.05) is 13.0 Å². The number of aliphatic carboxylic acids is 1. The lowest BCUT2D eigenvalue weighted by atomic mass is 10.1. The normalized spacial score (nSPS) is 13.7. The maximum atomic E-state index is 13.4. The van der Waals surface area contributed by atoms with Gasteiger partial charge in [-0.3, -0.25) is 19.2 Å². The van der Waals surface area contributed by atoms with Gasteiger partial charge in [-0.05, 0) is 19.8 Å². The molecule has 1 atom stereocenters. The number of carboxylic acids is 1. The molecule has 0 saturated carbocycles. The van der Waals surface area contributed by atoms with E-state index < -0.39 is 29.9 Å². The number of piperazine rings is 1. The number of carboxylic acid groups (broad SMARTS) is 1. The quantitative estimate of drug-likeness (QED) is 0.348. The Bertz CT molecular complexity index is 1230. The van der Waals surface area contributed by atoms with Gasteiger partial charge in [-0.15, -0.1) is 0 Å². The van der Waals surface area contributed by atoms with E-state index >= 15 is 0 Å². The van der Waals surface area contributed by atoms with Gasteiger partial charge in [-0.25, -0.2) is 14.8 Å². The van der Waals surface area contributed by atoms with E-state index in [9.17, 15) is 29.1 Å². The van der Waals surface area contributed by atoms with Crippen LogP contribution in [0.15, 0.2) is 36.4 Å². The molecule has 13 nitrogen and oxygen atoms in total. The summed E-state index contributed by atoms with van der Waals surface area (Å²) in [5.74, 6) is -2.22. The van der Waals surface area contributed by atoms with E-state index in [0.29, 0.717) is 12.0 Å². The minimum Gasteiger partial charge on any atom is -0.481 e. The largest absolute Gasteiger partial charge is 0.481 e. The highest BCUT2D eigenvalue weighted by Crippen LogP contribution is 2.19. The Hall–Kier alpha value is -4.55. The number of hydrogen-bond acceptors (Lipinski definition) is 8. The smallest absolute Gasteiger partial charge is 0.409 e. The van der Waals surface area contributed by atoms with E-state index in [1.165, 1.54) is 15.9 Å². The molecule has 1 aliphatic heterocycles. The van der Waals surface area contributed by atoms with Crippen LogP contribution in [0.3, 0.4) is 0 Å². The fourth-order valence-electron chi connectivity index (χ4n) is 4.19. The second kappa shape index (κ2) is 15.3. The van der Waals surface area contributed by atoms with Gasteiger partial charge in [0.25, 0.3) is 5.91 Å². The monoisotopic (exact) mass is 568 g/mol. The predicted octanol–water partition coefficient (Wildman–Crippen LogP) is 2.54. The highest BCUT2D eigenvalue weighted by Gasteiger charge is 2.31. The van der Waals surface area contributed by atoms with Crippen molar-refractivity contribution in [2.45, 2.75) is 52.0 Å². The number of ether oxygens (including phenoxy) is 1. The molecule has 3 rings (SSSR count). The van der Waals surface area contributed by atoms with E-state index in [0.717, 1.165) is 6.42 Å². The molecule has 220 valence electrons. The molecule has 1 unspecified atom stereocenters. The van der Waals surface area contributed by atoms with Crippen LogP contribution in [0.2, 0.25) is 0 Å². The summed E-state index contributed by atoms with van der Waals surface area (Å²) < 4.78 is 5.01. The lowest BCUT2D eigenvalue weighted by Crippen LogP contribution is -2.56. The third kappa shape index (κ3) is 9.26. The van der Waals surface area contributed by atoms with Crippen molar-refractivity contribution >= 4 is 35.6 Å². The van der Waals surface area contributed by atoms with Gasteiger partial charge < -0.3 is 30.3 Å². The lowest BCUT2D eigenvalue weighted by Gasteiger charge is -2.35. The Morgan fingerprint density at radius 3 is 2.29 bits per heavy atom. The Morgan fingerprint density at radius 1 is 0.976 bits per heavy atom. The third-order valence-corrected chi connectivity index (χ3v) is 6.38. The molecular formula is C28H36N6O7. The molecule has 0 spiro atoms. The van der Waals surface area contributed by atoms with Crippen molar-refractivity contribution < 1.29 is 33.8 Å². The number of nitrogens with one attached hydrogen (secondary N) is 2. The van der Waals surface area contributed by atoms with Gasteiger partial charge in [0.15, 0.2) is 5.82 Å². The van der Waals surface area contributed by atoms with Crippen molar-refractivity contribution in [1.82, 2.24) is 25.1 Å². The molecule has 1 aromatic carbocycles. The number of amides is 4. The van der Waals surface area contributed by atoms with Crippen LogP contribution < -0.4 is 10.6 Å². The second-order valence-electron chi connectivity index (χ2n) is 9.45. The maximum Gasteiger partial charge on any atom is 0.409 e. The van der Waals surface area contributed by atoms with Crippen molar-refractivity contribution in [3.05, 3.63) is 42.1 Å². The Balaban J connectivity index is 1.81. The summed E-state index contributed by atoms with van der Waals surface area (Å²) >= 11 is 0. The first-order valence-electron chi connectivity index (χ1n) is 13.7. The summed E-state index contributed by atoms with van der Waals surface area (Å²) in [5.41, 5.74) is 0.522. The molecule has 41 heavy (non-hydrogen) atoms. The maximum absolute atomic E-state index is 13.4. The van der Waals surface area contributed by atoms with Gasteiger partial charge in [0, 0.05) is 50.7 Å². The summed E-state index contributed by atoms with van der Waals surface area (Å²) in [6.07, 6.45) is 0.858. The van der Waals surface area contributed by atoms with Crippen LogP contribution in [0.4, 0.5) is 10.6 Å². The van der Waals surface area contributed by atoms with Crippen molar-refractivity contribution in [3.8, 4) is 11.4 Å². The average Bonchev–Trinajstić information content (AvgIpc) is 2.98. The van der Waals surface area contributed by atoms with Crippen LogP contribution in [0.25, 0.3) is 11.4 Å². The number of benzene rings is 1. The third-order valence-electron chi connectivity index (χ3n) is 6.38. The number of rotatable bonds is 12. The van der Waals surface area contributed by atoms with Gasteiger partial charge in [0.1, 0.15) is 17.6 Å². The molecule has 13 heteroatoms. The first kappa shape index (κ1) is 31.0. The van der Waals surface area contributed by atoms with Crippen molar-refractivity contribution in [2.24, 2.45) is 0 Å². The summed E-state index contributed by atoms with van der Waals surface area (Å²) in [7, 11) is 0. The molecule has 2 heterocycles. The minimum atomic E-state index is -1.15. The highest BCUT2D eigenvalue weighted by atomic mass is 16.6. The standard InChI is InChI=1S/C28H36N6O7/c1-3-5-11-23(35)31-22-18-21(29-25(32-22)19-9-7-6-8-10-19)26(38)30-20(12-13-24(36)37)27(39)33-14-16-34(17-15-33)28(40)41-4-2/h6-10,18,20H,3-5,11-17H2,1-2H3,(H,30,38)(H,36,37)(H,29,31,32,35). The van der Waals surface area contributed by atoms with E-state index in [4.69, 9.17) is 4.74 Å². The fraction of sp³-hybridized carbons (Fsp3) is 0.464. The number of anilines is 1. The fourth-order valence-corrected chi connectivity index (χ4v) is 4.19. The van der Waals surface area contributed by atoms with Gasteiger partial charge in [-0.2, -0.15) is 0 Å². The topological polar surface area (TPSA) is 171 Å². The molecule has 2 aromatic rings. The predicted molar refractivity (Wildman–Crippen MR) is 149 cm³/mol. The van der Waals surface area contributed by atoms with Crippen LogP contribution in [-0.2, 0) is 19.1 Å². The molecule has 1 aliphatic rings. The zero-order chi connectivity index (χ0) is 29.8. The minimum absolute atomic E-state index is 0.0927. The number of unbranched alkanes of at least 4 members (excludes halogenated alkanes) is 1. The van der Waals surface area contributed by atoms with E-state index in [-0.39, 0.29) is 75.3 Å². The Morgan fingerprint density at radius 2 is 1.66 bits per heavy atom. The van der Waals surface area contributed by atoms with Crippen molar-refractivity contribution in [3.63, 3.8) is 0 Å². The molecule has 0 bridgehead atoms. The van der Waals surface area contributed by atoms with Crippen LogP contribution >= 0.6 is 0 Å². The molecule has 1 aromatic heterocycles. The zero-order valence-electron chi connectivity index (χ0n) is 23.3. The summed E-state index contributed by atoms with van der Waals surface area (Å²) in [4.78, 5) is 74.2. The second-order valence-corrected chi connectivity index (χ2v) is 9.45. The summed E-state index contributed by atoms with van der Waals surface area (Å²) in [6.45, 7) is 4.82. The number of hydrogen-bond donors (Lipinski definition) is 3. The van der Waals surface area contributed by atoms with Crippen LogP contribution in [0.1, 0.15) is 56.4 Å². The summed E-state index contributed by atoms with van der Waals surface area (Å²) in [6, 6.07) is 9.08. The summed E-state index contributed by atoms with van der Waals surface area (Å²) in [5, 5.41) is 14.6. The van der Waals surface area contributed by atoms with Gasteiger partial charge >= 0.3 is 12.1 Å². The van der Waals surface area contributed by atoms with Gasteiger partial charge in [0.2, 0.25) is 11.8 Å². The van der Waals surface area contributed by atoms with E-state index in [1.54, 1.807) is 31.2 Å². The molecular weight excluding hydrogens is 532 g/mol. The van der Waals surface area contributed by atoms with Crippen LogP contribution in [-0.4, -0.2) is 93.5 Å². The molecule has 3 N–H and O–H groups in total. The molecule has 1 saturated heterocycles. The number of nitrogens with zero attached hydrogens (tertiary/aromatic N) is 4. The zero-order valence-corrected chi connectivity index (χ0v) is 23.3. The highest BCUT2D eigenvalue weighted by molar-refractivity contribution is 5.98. The Kier molecular flexibility index (Phi) is 11.6. The SMILES string of the molecule is CCCCC(=O)Nc1cc(C(=O)NC(CCC(=O)O)C(=O)N2CCN(C(=O)OCC)CC2)nc(-c2ccccc2)n1. The average molecular weight is 569 g/mol. The number of carbonyl (C=O) groups excluding carboxylic acids is 4. The van der Waals surface area contributed by atoms with Crippen LogP contribution in [0, 0.1) is 0 Å². The number of carbonyl (C=O) groups is 5. The van der Waals surface area contributed by atoms with E-state index in [2.05, 4.69) is 20.6 Å². The Labute approximate surface area is 238 Å². The molecule has 1 fully saturated rings. The molecule has 0 radical (unpaired) electrons.